The maximum absolute atomic E-state index is 3.89. The van der Waals surface area contributed by atoms with Gasteiger partial charge in [-0.2, -0.15) is 0 Å². The SMILES string of the molecule is Cc1ccc(C)c(CN2CCCC(NCC3CCCCC3)C2)c1. The molecule has 2 fully saturated rings. The molecular formula is C21H34N2. The zero-order chi connectivity index (χ0) is 16.1. The van der Waals surface area contributed by atoms with Crippen LogP contribution in [0.15, 0.2) is 18.2 Å². The fourth-order valence-electron chi connectivity index (χ4n) is 4.30. The molecule has 0 aromatic heterocycles. The molecule has 0 bridgehead atoms. The van der Waals surface area contributed by atoms with Gasteiger partial charge in [-0.3, -0.25) is 4.90 Å². The fourth-order valence-corrected chi connectivity index (χ4v) is 4.30. The molecule has 0 amide bonds. The van der Waals surface area contributed by atoms with E-state index in [1.54, 1.807) is 0 Å². The maximum atomic E-state index is 3.89. The number of piperidine rings is 1. The van der Waals surface area contributed by atoms with Gasteiger partial charge in [-0.1, -0.05) is 43.0 Å². The Kier molecular flexibility index (Phi) is 6.13. The molecule has 1 unspecified atom stereocenters. The summed E-state index contributed by atoms with van der Waals surface area (Å²) in [7, 11) is 0. The zero-order valence-electron chi connectivity index (χ0n) is 15.1. The summed E-state index contributed by atoms with van der Waals surface area (Å²) in [5.41, 5.74) is 4.33. The minimum absolute atomic E-state index is 0.704. The number of hydrogen-bond donors (Lipinski definition) is 1. The van der Waals surface area contributed by atoms with Crippen LogP contribution >= 0.6 is 0 Å². The van der Waals surface area contributed by atoms with Gasteiger partial charge in [0.05, 0.1) is 0 Å². The molecule has 2 heteroatoms. The molecule has 1 N–H and O–H groups in total. The Hall–Kier alpha value is -0.860. The Bertz CT molecular complexity index is 491. The molecule has 2 aliphatic rings. The van der Waals surface area contributed by atoms with Crippen LogP contribution in [0.5, 0.6) is 0 Å². The number of nitrogens with zero attached hydrogens (tertiary/aromatic N) is 1. The number of hydrogen-bond acceptors (Lipinski definition) is 2. The highest BCUT2D eigenvalue weighted by molar-refractivity contribution is 5.30. The van der Waals surface area contributed by atoms with E-state index in [4.69, 9.17) is 0 Å². The number of aryl methyl sites for hydroxylation is 2. The molecule has 0 spiro atoms. The lowest BCUT2D eigenvalue weighted by Crippen LogP contribution is -2.46. The number of benzene rings is 1. The summed E-state index contributed by atoms with van der Waals surface area (Å²) >= 11 is 0. The van der Waals surface area contributed by atoms with Crippen LogP contribution < -0.4 is 5.32 Å². The molecular weight excluding hydrogens is 280 g/mol. The molecule has 2 nitrogen and oxygen atoms in total. The third-order valence-corrected chi connectivity index (χ3v) is 5.82. The molecule has 128 valence electrons. The second-order valence-electron chi connectivity index (χ2n) is 7.92. The lowest BCUT2D eigenvalue weighted by atomic mass is 9.89. The topological polar surface area (TPSA) is 15.3 Å². The van der Waals surface area contributed by atoms with Crippen molar-refractivity contribution in [2.45, 2.75) is 71.4 Å². The first-order chi connectivity index (χ1) is 11.2. The smallest absolute Gasteiger partial charge is 0.0237 e. The lowest BCUT2D eigenvalue weighted by Gasteiger charge is -2.35. The second kappa shape index (κ2) is 8.30. The number of rotatable bonds is 5. The van der Waals surface area contributed by atoms with Gasteiger partial charge in [0.2, 0.25) is 0 Å². The first-order valence-electron chi connectivity index (χ1n) is 9.72. The van der Waals surface area contributed by atoms with E-state index in [-0.39, 0.29) is 0 Å². The van der Waals surface area contributed by atoms with Crippen molar-refractivity contribution in [1.29, 1.82) is 0 Å². The summed E-state index contributed by atoms with van der Waals surface area (Å²) in [6.45, 7) is 9.30. The normalized spacial score (nSPS) is 24.0. The van der Waals surface area contributed by atoms with Gasteiger partial charge in [-0.15, -0.1) is 0 Å². The first kappa shape index (κ1) is 17.0. The van der Waals surface area contributed by atoms with Gasteiger partial charge < -0.3 is 5.32 Å². The highest BCUT2D eigenvalue weighted by Crippen LogP contribution is 2.23. The summed E-state index contributed by atoms with van der Waals surface area (Å²) in [6, 6.07) is 7.57. The van der Waals surface area contributed by atoms with Crippen LogP contribution in [0.25, 0.3) is 0 Å². The van der Waals surface area contributed by atoms with Crippen LogP contribution in [0.2, 0.25) is 0 Å². The molecule has 1 heterocycles. The zero-order valence-corrected chi connectivity index (χ0v) is 15.1. The predicted octanol–water partition coefficient (Wildman–Crippen LogP) is 4.44. The van der Waals surface area contributed by atoms with Gasteiger partial charge in [-0.25, -0.2) is 0 Å². The highest BCUT2D eigenvalue weighted by Gasteiger charge is 2.21. The molecule has 1 aromatic carbocycles. The van der Waals surface area contributed by atoms with Gasteiger partial charge >= 0.3 is 0 Å². The van der Waals surface area contributed by atoms with Crippen molar-refractivity contribution in [2.75, 3.05) is 19.6 Å². The number of nitrogens with one attached hydrogen (secondary N) is 1. The van der Waals surface area contributed by atoms with E-state index in [0.717, 1.165) is 12.5 Å². The van der Waals surface area contributed by atoms with Gasteiger partial charge in [0, 0.05) is 19.1 Å². The van der Waals surface area contributed by atoms with E-state index < -0.39 is 0 Å². The summed E-state index contributed by atoms with van der Waals surface area (Å²) < 4.78 is 0. The molecule has 1 saturated carbocycles. The fraction of sp³-hybridized carbons (Fsp3) is 0.714. The van der Waals surface area contributed by atoms with Crippen molar-refractivity contribution < 1.29 is 0 Å². The molecule has 1 saturated heterocycles. The minimum atomic E-state index is 0.704. The minimum Gasteiger partial charge on any atom is -0.312 e. The maximum Gasteiger partial charge on any atom is 0.0237 e. The standard InChI is InChI=1S/C21H34N2/c1-17-10-11-18(2)20(13-17)15-23-12-6-9-21(16-23)22-14-19-7-4-3-5-8-19/h10-11,13,19,21-22H,3-9,12,14-16H2,1-2H3. The van der Waals surface area contributed by atoms with Crippen LogP contribution in [0, 0.1) is 19.8 Å². The summed E-state index contributed by atoms with van der Waals surface area (Å²) in [4.78, 5) is 2.66. The van der Waals surface area contributed by atoms with Crippen LogP contribution in [-0.4, -0.2) is 30.6 Å². The Balaban J connectivity index is 1.48. The van der Waals surface area contributed by atoms with E-state index in [1.165, 1.54) is 81.3 Å². The third-order valence-electron chi connectivity index (χ3n) is 5.82. The first-order valence-corrected chi connectivity index (χ1v) is 9.72. The molecule has 1 aliphatic heterocycles. The molecule has 1 aromatic rings. The van der Waals surface area contributed by atoms with E-state index >= 15 is 0 Å². The van der Waals surface area contributed by atoms with Crippen molar-refractivity contribution >= 4 is 0 Å². The molecule has 23 heavy (non-hydrogen) atoms. The van der Waals surface area contributed by atoms with Crippen molar-refractivity contribution in [3.05, 3.63) is 34.9 Å². The van der Waals surface area contributed by atoms with Gasteiger partial charge in [-0.05, 0) is 69.7 Å². The van der Waals surface area contributed by atoms with Crippen molar-refractivity contribution in [1.82, 2.24) is 10.2 Å². The van der Waals surface area contributed by atoms with Gasteiger partial charge in [0.25, 0.3) is 0 Å². The average molecular weight is 315 g/mol. The van der Waals surface area contributed by atoms with Crippen molar-refractivity contribution in [2.24, 2.45) is 5.92 Å². The monoisotopic (exact) mass is 314 g/mol. The molecule has 1 atom stereocenters. The highest BCUT2D eigenvalue weighted by atomic mass is 15.2. The van der Waals surface area contributed by atoms with Crippen LogP contribution in [0.1, 0.15) is 61.6 Å². The Morgan fingerprint density at radius 3 is 2.70 bits per heavy atom. The lowest BCUT2D eigenvalue weighted by molar-refractivity contribution is 0.176. The van der Waals surface area contributed by atoms with Crippen LogP contribution in [0.3, 0.4) is 0 Å². The van der Waals surface area contributed by atoms with E-state index in [2.05, 4.69) is 42.3 Å². The Morgan fingerprint density at radius 2 is 1.87 bits per heavy atom. The Labute approximate surface area is 142 Å². The van der Waals surface area contributed by atoms with Crippen LogP contribution in [0.4, 0.5) is 0 Å². The summed E-state index contributed by atoms with van der Waals surface area (Å²) in [6.07, 6.45) is 9.97. The van der Waals surface area contributed by atoms with Crippen LogP contribution in [-0.2, 0) is 6.54 Å². The van der Waals surface area contributed by atoms with E-state index in [0.29, 0.717) is 6.04 Å². The van der Waals surface area contributed by atoms with E-state index in [1.807, 2.05) is 0 Å². The molecule has 0 radical (unpaired) electrons. The molecule has 1 aliphatic carbocycles. The molecule has 3 rings (SSSR count). The van der Waals surface area contributed by atoms with Crippen molar-refractivity contribution in [3.63, 3.8) is 0 Å². The summed E-state index contributed by atoms with van der Waals surface area (Å²) in [5, 5.41) is 3.89. The quantitative estimate of drug-likeness (QED) is 0.864. The number of likely N-dealkylation sites (tertiary alicyclic amines) is 1. The average Bonchev–Trinajstić information content (AvgIpc) is 2.58. The second-order valence-corrected chi connectivity index (χ2v) is 7.92. The van der Waals surface area contributed by atoms with E-state index in [9.17, 15) is 0 Å². The predicted molar refractivity (Wildman–Crippen MR) is 98.8 cm³/mol. The van der Waals surface area contributed by atoms with Gasteiger partial charge in [0.1, 0.15) is 0 Å². The largest absolute Gasteiger partial charge is 0.312 e. The van der Waals surface area contributed by atoms with Gasteiger partial charge in [0.15, 0.2) is 0 Å². The summed E-state index contributed by atoms with van der Waals surface area (Å²) in [5.74, 6) is 0.943. The van der Waals surface area contributed by atoms with Crippen molar-refractivity contribution in [3.8, 4) is 0 Å². The Morgan fingerprint density at radius 1 is 1.04 bits per heavy atom. The third kappa shape index (κ3) is 5.06.